The minimum absolute atomic E-state index is 0.0114. The Morgan fingerprint density at radius 3 is 2.70 bits per heavy atom. The van der Waals surface area contributed by atoms with E-state index in [-0.39, 0.29) is 17.7 Å². The molecule has 20 heavy (non-hydrogen) atoms. The lowest BCUT2D eigenvalue weighted by molar-refractivity contribution is -0.142. The number of hydrogen-bond donors (Lipinski definition) is 2. The van der Waals surface area contributed by atoms with Gasteiger partial charge in [0.25, 0.3) is 5.91 Å². The average molecular weight is 319 g/mol. The second-order valence-corrected chi connectivity index (χ2v) is 5.84. The molecule has 0 spiro atoms. The Morgan fingerprint density at radius 1 is 1.45 bits per heavy atom. The summed E-state index contributed by atoms with van der Waals surface area (Å²) in [5.41, 5.74) is 0.366. The maximum Gasteiger partial charge on any atom is 0.306 e. The molecule has 7 heteroatoms. The van der Waals surface area contributed by atoms with Crippen LogP contribution in [0.1, 0.15) is 29.8 Å². The number of rotatable bonds is 4. The van der Waals surface area contributed by atoms with Crippen LogP contribution in [0.2, 0.25) is 10.2 Å². The predicted molar refractivity (Wildman–Crippen MR) is 76.2 cm³/mol. The van der Waals surface area contributed by atoms with Crippen molar-refractivity contribution in [2.45, 2.75) is 19.3 Å². The first-order valence-corrected chi connectivity index (χ1v) is 7.19. The molecule has 110 valence electrons. The predicted octanol–water partition coefficient (Wildman–Crippen LogP) is 2.56. The number of hydrogen-bond acceptors (Lipinski definition) is 2. The number of nitrogens with one attached hydrogen (secondary N) is 1. The van der Waals surface area contributed by atoms with Crippen molar-refractivity contribution < 1.29 is 14.7 Å². The highest BCUT2D eigenvalue weighted by molar-refractivity contribution is 6.41. The average Bonchev–Trinajstić information content (AvgIpc) is 2.97. The van der Waals surface area contributed by atoms with E-state index in [0.717, 1.165) is 12.8 Å². The summed E-state index contributed by atoms with van der Waals surface area (Å²) in [5, 5.41) is 12.5. The standard InChI is InChI=1S/C13H16Cl2N2O3/c1-17-10(5-9(14)11(17)15)12(18)16-6-7-3-2-4-8(7)13(19)20/h5,7-8H,2-4,6H2,1H3,(H,16,18)(H,19,20). The molecule has 1 heterocycles. The molecule has 1 aromatic heterocycles. The fourth-order valence-corrected chi connectivity index (χ4v) is 3.06. The fraction of sp³-hybridized carbons (Fsp3) is 0.538. The molecule has 0 saturated heterocycles. The van der Waals surface area contributed by atoms with Gasteiger partial charge in [0.15, 0.2) is 0 Å². The van der Waals surface area contributed by atoms with Crippen LogP contribution in [0.5, 0.6) is 0 Å². The smallest absolute Gasteiger partial charge is 0.306 e. The Labute approximate surface area is 126 Å². The van der Waals surface area contributed by atoms with Gasteiger partial charge in [-0.2, -0.15) is 0 Å². The molecule has 1 saturated carbocycles. The quantitative estimate of drug-likeness (QED) is 0.896. The number of carbonyl (C=O) groups excluding carboxylic acids is 1. The third-order valence-electron chi connectivity index (χ3n) is 3.85. The minimum Gasteiger partial charge on any atom is -0.481 e. The first-order valence-electron chi connectivity index (χ1n) is 6.43. The normalized spacial score (nSPS) is 21.9. The highest BCUT2D eigenvalue weighted by atomic mass is 35.5. The Morgan fingerprint density at radius 2 is 2.15 bits per heavy atom. The van der Waals surface area contributed by atoms with E-state index in [1.54, 1.807) is 7.05 Å². The van der Waals surface area contributed by atoms with Crippen molar-refractivity contribution in [1.82, 2.24) is 9.88 Å². The van der Waals surface area contributed by atoms with Gasteiger partial charge in [0.05, 0.1) is 10.9 Å². The molecule has 0 aromatic carbocycles. The Bertz CT molecular complexity index is 542. The summed E-state index contributed by atoms with van der Waals surface area (Å²) in [6.07, 6.45) is 2.39. The molecule has 0 aliphatic heterocycles. The Kier molecular flexibility index (Phi) is 4.60. The molecule has 5 nitrogen and oxygen atoms in total. The van der Waals surface area contributed by atoms with Crippen LogP contribution in [0.25, 0.3) is 0 Å². The molecule has 1 fully saturated rings. The van der Waals surface area contributed by atoms with Gasteiger partial charge in [-0.05, 0) is 24.8 Å². The molecule has 1 aliphatic rings. The summed E-state index contributed by atoms with van der Waals surface area (Å²) in [5.74, 6) is -1.46. The van der Waals surface area contributed by atoms with Crippen molar-refractivity contribution >= 4 is 35.1 Å². The van der Waals surface area contributed by atoms with Gasteiger partial charge in [0, 0.05) is 13.6 Å². The molecule has 1 aromatic rings. The van der Waals surface area contributed by atoms with Crippen molar-refractivity contribution in [3.63, 3.8) is 0 Å². The molecule has 2 unspecified atom stereocenters. The van der Waals surface area contributed by atoms with E-state index >= 15 is 0 Å². The lowest BCUT2D eigenvalue weighted by atomic mass is 9.96. The maximum absolute atomic E-state index is 12.1. The van der Waals surface area contributed by atoms with Crippen molar-refractivity contribution in [1.29, 1.82) is 0 Å². The molecule has 1 aliphatic carbocycles. The highest BCUT2D eigenvalue weighted by Gasteiger charge is 2.33. The number of carboxylic acids is 1. The van der Waals surface area contributed by atoms with Crippen LogP contribution in [0.3, 0.4) is 0 Å². The zero-order valence-corrected chi connectivity index (χ0v) is 12.5. The van der Waals surface area contributed by atoms with Gasteiger partial charge in [-0.15, -0.1) is 0 Å². The van der Waals surface area contributed by atoms with Gasteiger partial charge in [-0.25, -0.2) is 0 Å². The van der Waals surface area contributed by atoms with Crippen LogP contribution in [0.15, 0.2) is 6.07 Å². The molecule has 1 amide bonds. The zero-order chi connectivity index (χ0) is 14.9. The summed E-state index contributed by atoms with van der Waals surface area (Å²) < 4.78 is 1.50. The zero-order valence-electron chi connectivity index (χ0n) is 11.0. The van der Waals surface area contributed by atoms with E-state index < -0.39 is 5.97 Å². The maximum atomic E-state index is 12.1. The third-order valence-corrected chi connectivity index (χ3v) is 4.69. The minimum atomic E-state index is -0.785. The molecule has 2 rings (SSSR count). The molecule has 0 radical (unpaired) electrons. The number of aliphatic carboxylic acids is 1. The first kappa shape index (κ1) is 15.2. The highest BCUT2D eigenvalue weighted by Crippen LogP contribution is 2.31. The Hall–Kier alpha value is -1.20. The molecule has 2 atom stereocenters. The topological polar surface area (TPSA) is 71.3 Å². The molecular weight excluding hydrogens is 303 g/mol. The number of amides is 1. The molecule has 2 N–H and O–H groups in total. The van der Waals surface area contributed by atoms with Gasteiger partial charge >= 0.3 is 5.97 Å². The van der Waals surface area contributed by atoms with Crippen LogP contribution in [-0.2, 0) is 11.8 Å². The lowest BCUT2D eigenvalue weighted by Gasteiger charge is -2.16. The second-order valence-electron chi connectivity index (χ2n) is 5.07. The molecular formula is C13H16Cl2N2O3. The second kappa shape index (κ2) is 6.06. The van der Waals surface area contributed by atoms with E-state index in [1.807, 2.05) is 0 Å². The van der Waals surface area contributed by atoms with Crippen molar-refractivity contribution in [3.05, 3.63) is 21.9 Å². The summed E-state index contributed by atoms with van der Waals surface area (Å²) in [4.78, 5) is 23.1. The molecule has 0 bridgehead atoms. The number of carboxylic acid groups (broad SMARTS) is 1. The first-order chi connectivity index (χ1) is 9.41. The summed E-state index contributed by atoms with van der Waals surface area (Å²) in [7, 11) is 1.65. The lowest BCUT2D eigenvalue weighted by Crippen LogP contribution is -2.33. The van der Waals surface area contributed by atoms with Gasteiger partial charge in [0.2, 0.25) is 0 Å². The van der Waals surface area contributed by atoms with E-state index in [1.165, 1.54) is 10.6 Å². The summed E-state index contributed by atoms with van der Waals surface area (Å²) in [6.45, 7) is 0.357. The van der Waals surface area contributed by atoms with E-state index in [2.05, 4.69) is 5.32 Å². The van der Waals surface area contributed by atoms with Gasteiger partial charge in [-0.3, -0.25) is 9.59 Å². The Balaban J connectivity index is 1.98. The van der Waals surface area contributed by atoms with Gasteiger partial charge in [0.1, 0.15) is 10.8 Å². The number of aromatic nitrogens is 1. The third kappa shape index (κ3) is 2.94. The van der Waals surface area contributed by atoms with Crippen LogP contribution < -0.4 is 5.32 Å². The van der Waals surface area contributed by atoms with Crippen LogP contribution in [0, 0.1) is 11.8 Å². The van der Waals surface area contributed by atoms with Crippen LogP contribution >= 0.6 is 23.2 Å². The fourth-order valence-electron chi connectivity index (χ4n) is 2.68. The van der Waals surface area contributed by atoms with E-state index in [9.17, 15) is 9.59 Å². The largest absolute Gasteiger partial charge is 0.481 e. The van der Waals surface area contributed by atoms with Crippen LogP contribution in [0.4, 0.5) is 0 Å². The summed E-state index contributed by atoms with van der Waals surface area (Å²) in [6, 6.07) is 1.50. The van der Waals surface area contributed by atoms with E-state index in [4.69, 9.17) is 28.3 Å². The summed E-state index contributed by atoms with van der Waals surface area (Å²) >= 11 is 11.8. The van der Waals surface area contributed by atoms with Crippen molar-refractivity contribution in [2.24, 2.45) is 18.9 Å². The van der Waals surface area contributed by atoms with Gasteiger partial charge in [-0.1, -0.05) is 29.6 Å². The number of halogens is 2. The van der Waals surface area contributed by atoms with Crippen LogP contribution in [-0.4, -0.2) is 28.1 Å². The van der Waals surface area contributed by atoms with Gasteiger partial charge < -0.3 is 15.0 Å². The number of nitrogens with zero attached hydrogens (tertiary/aromatic N) is 1. The van der Waals surface area contributed by atoms with E-state index in [0.29, 0.717) is 28.8 Å². The van der Waals surface area contributed by atoms with Crippen molar-refractivity contribution in [2.75, 3.05) is 6.54 Å². The number of carbonyl (C=O) groups is 2. The van der Waals surface area contributed by atoms with Crippen molar-refractivity contribution in [3.8, 4) is 0 Å². The monoisotopic (exact) mass is 318 g/mol. The SMILES string of the molecule is Cn1c(C(=O)NCC2CCCC2C(=O)O)cc(Cl)c1Cl.